The zero-order valence-corrected chi connectivity index (χ0v) is 12.1. The second-order valence-electron chi connectivity index (χ2n) is 5.37. The number of aryl methyl sites for hydroxylation is 1. The van der Waals surface area contributed by atoms with Gasteiger partial charge in [-0.2, -0.15) is 0 Å². The molecule has 1 atom stereocenters. The van der Waals surface area contributed by atoms with Crippen molar-refractivity contribution < 1.29 is 5.11 Å². The van der Waals surface area contributed by atoms with E-state index < -0.39 is 6.10 Å². The summed E-state index contributed by atoms with van der Waals surface area (Å²) in [5.41, 5.74) is 9.48. The van der Waals surface area contributed by atoms with E-state index in [0.29, 0.717) is 5.69 Å². The second-order valence-corrected chi connectivity index (χ2v) is 5.37. The number of rotatable bonds is 3. The van der Waals surface area contributed by atoms with Crippen molar-refractivity contribution in [3.05, 3.63) is 77.4 Å². The van der Waals surface area contributed by atoms with Crippen LogP contribution in [0.3, 0.4) is 0 Å². The molecule has 0 heterocycles. The summed E-state index contributed by atoms with van der Waals surface area (Å²) in [5.74, 6) is 0. The van der Waals surface area contributed by atoms with Gasteiger partial charge in [-0.3, -0.25) is 0 Å². The van der Waals surface area contributed by atoms with Crippen LogP contribution >= 0.6 is 0 Å². The molecule has 0 saturated heterocycles. The Morgan fingerprint density at radius 1 is 0.905 bits per heavy atom. The van der Waals surface area contributed by atoms with Crippen LogP contribution in [-0.2, 0) is 6.42 Å². The molecule has 0 aliphatic heterocycles. The first-order valence-corrected chi connectivity index (χ1v) is 7.23. The summed E-state index contributed by atoms with van der Waals surface area (Å²) in [7, 11) is 0. The minimum absolute atomic E-state index is 0.649. The van der Waals surface area contributed by atoms with E-state index in [0.717, 1.165) is 22.9 Å². The van der Waals surface area contributed by atoms with E-state index >= 15 is 0 Å². The van der Waals surface area contributed by atoms with Gasteiger partial charge in [-0.05, 0) is 52.1 Å². The minimum atomic E-state index is -0.649. The molecule has 2 heteroatoms. The summed E-state index contributed by atoms with van der Waals surface area (Å²) >= 11 is 0. The molecule has 0 saturated carbocycles. The Balaban J connectivity index is 2.00. The number of hydrogen-bond donors (Lipinski definition) is 2. The summed E-state index contributed by atoms with van der Waals surface area (Å²) in [6.07, 6.45) is 0.382. The standard InChI is InChI=1S/C19H19NO/c1-2-13-6-7-15-11-17(9-8-14(15)10-13)19(21)16-4-3-5-18(20)12-16/h3-12,19,21H,2,20H2,1H3. The molecule has 0 aliphatic rings. The van der Waals surface area contributed by atoms with Gasteiger partial charge in [0.15, 0.2) is 0 Å². The summed E-state index contributed by atoms with van der Waals surface area (Å²) in [6, 6.07) is 19.9. The molecule has 0 aliphatic carbocycles. The zero-order valence-electron chi connectivity index (χ0n) is 12.1. The van der Waals surface area contributed by atoms with Crippen LogP contribution in [0.4, 0.5) is 5.69 Å². The lowest BCUT2D eigenvalue weighted by Crippen LogP contribution is -2.00. The normalized spacial score (nSPS) is 12.5. The third-order valence-corrected chi connectivity index (χ3v) is 3.88. The van der Waals surface area contributed by atoms with Crippen molar-refractivity contribution in [1.29, 1.82) is 0 Å². The number of hydrogen-bond acceptors (Lipinski definition) is 2. The Morgan fingerprint density at radius 2 is 1.62 bits per heavy atom. The third-order valence-electron chi connectivity index (χ3n) is 3.88. The van der Waals surface area contributed by atoms with Gasteiger partial charge in [0, 0.05) is 5.69 Å². The van der Waals surface area contributed by atoms with Gasteiger partial charge in [0.1, 0.15) is 6.10 Å². The van der Waals surface area contributed by atoms with Crippen LogP contribution in [0.25, 0.3) is 10.8 Å². The van der Waals surface area contributed by atoms with E-state index in [2.05, 4.69) is 31.2 Å². The number of benzene rings is 3. The fourth-order valence-electron chi connectivity index (χ4n) is 2.63. The van der Waals surface area contributed by atoms with Crippen molar-refractivity contribution in [3.63, 3.8) is 0 Å². The van der Waals surface area contributed by atoms with Gasteiger partial charge in [-0.25, -0.2) is 0 Å². The van der Waals surface area contributed by atoms with Crippen LogP contribution < -0.4 is 5.73 Å². The van der Waals surface area contributed by atoms with E-state index in [1.165, 1.54) is 10.9 Å². The van der Waals surface area contributed by atoms with Crippen molar-refractivity contribution >= 4 is 16.5 Å². The molecule has 21 heavy (non-hydrogen) atoms. The molecule has 3 rings (SSSR count). The van der Waals surface area contributed by atoms with Gasteiger partial charge >= 0.3 is 0 Å². The number of nitrogen functional groups attached to an aromatic ring is 1. The number of aliphatic hydroxyl groups is 1. The Kier molecular flexibility index (Phi) is 3.63. The van der Waals surface area contributed by atoms with Crippen LogP contribution in [0, 0.1) is 0 Å². The highest BCUT2D eigenvalue weighted by molar-refractivity contribution is 5.84. The fourth-order valence-corrected chi connectivity index (χ4v) is 2.63. The van der Waals surface area contributed by atoms with E-state index in [-0.39, 0.29) is 0 Å². The fraction of sp³-hybridized carbons (Fsp3) is 0.158. The first kappa shape index (κ1) is 13.7. The molecule has 0 fully saturated rings. The average molecular weight is 277 g/mol. The predicted octanol–water partition coefficient (Wildman–Crippen LogP) is 4.07. The van der Waals surface area contributed by atoms with Crippen molar-refractivity contribution in [1.82, 2.24) is 0 Å². The smallest absolute Gasteiger partial charge is 0.104 e. The van der Waals surface area contributed by atoms with Gasteiger partial charge in [0.05, 0.1) is 0 Å². The maximum atomic E-state index is 10.5. The predicted molar refractivity (Wildman–Crippen MR) is 88.2 cm³/mol. The average Bonchev–Trinajstić information content (AvgIpc) is 2.53. The first-order chi connectivity index (χ1) is 10.2. The number of fused-ring (bicyclic) bond motifs is 1. The third kappa shape index (κ3) is 2.76. The van der Waals surface area contributed by atoms with Crippen LogP contribution in [0.2, 0.25) is 0 Å². The number of aliphatic hydroxyl groups excluding tert-OH is 1. The number of anilines is 1. The molecule has 3 aromatic rings. The van der Waals surface area contributed by atoms with Crippen molar-refractivity contribution in [2.75, 3.05) is 5.73 Å². The molecular formula is C19H19NO. The first-order valence-electron chi connectivity index (χ1n) is 7.23. The highest BCUT2D eigenvalue weighted by Gasteiger charge is 2.11. The highest BCUT2D eigenvalue weighted by Crippen LogP contribution is 2.27. The maximum Gasteiger partial charge on any atom is 0.104 e. The van der Waals surface area contributed by atoms with Crippen LogP contribution in [0.15, 0.2) is 60.7 Å². The largest absolute Gasteiger partial charge is 0.399 e. The molecule has 3 aromatic carbocycles. The monoisotopic (exact) mass is 277 g/mol. The highest BCUT2D eigenvalue weighted by atomic mass is 16.3. The molecule has 0 amide bonds. The summed E-state index contributed by atoms with van der Waals surface area (Å²) in [4.78, 5) is 0. The lowest BCUT2D eigenvalue weighted by Gasteiger charge is -2.13. The van der Waals surface area contributed by atoms with E-state index in [1.54, 1.807) is 0 Å². The van der Waals surface area contributed by atoms with E-state index in [4.69, 9.17) is 5.73 Å². The van der Waals surface area contributed by atoms with Gasteiger partial charge in [-0.1, -0.05) is 49.4 Å². The molecule has 0 spiro atoms. The van der Waals surface area contributed by atoms with Crippen molar-refractivity contribution in [3.8, 4) is 0 Å². The number of nitrogens with two attached hydrogens (primary N) is 1. The van der Waals surface area contributed by atoms with Gasteiger partial charge < -0.3 is 10.8 Å². The Labute approximate surface area is 124 Å². The molecule has 106 valence electrons. The molecule has 3 N–H and O–H groups in total. The molecule has 0 bridgehead atoms. The molecule has 2 nitrogen and oxygen atoms in total. The Bertz CT molecular complexity index is 779. The zero-order chi connectivity index (χ0) is 14.8. The molecule has 1 unspecified atom stereocenters. The van der Waals surface area contributed by atoms with Crippen molar-refractivity contribution in [2.45, 2.75) is 19.4 Å². The van der Waals surface area contributed by atoms with E-state index in [9.17, 15) is 5.11 Å². The summed E-state index contributed by atoms with van der Waals surface area (Å²) in [5, 5.41) is 12.9. The van der Waals surface area contributed by atoms with Crippen LogP contribution in [0.1, 0.15) is 29.7 Å². The van der Waals surface area contributed by atoms with Crippen LogP contribution in [0.5, 0.6) is 0 Å². The van der Waals surface area contributed by atoms with Gasteiger partial charge in [0.25, 0.3) is 0 Å². The topological polar surface area (TPSA) is 46.2 Å². The molecule has 0 aromatic heterocycles. The van der Waals surface area contributed by atoms with Gasteiger partial charge in [-0.15, -0.1) is 0 Å². The SMILES string of the molecule is CCc1ccc2cc(C(O)c3cccc(N)c3)ccc2c1. The molecular weight excluding hydrogens is 258 g/mol. The van der Waals surface area contributed by atoms with Gasteiger partial charge in [0.2, 0.25) is 0 Å². The lowest BCUT2D eigenvalue weighted by atomic mass is 9.97. The molecule has 0 radical (unpaired) electrons. The van der Waals surface area contributed by atoms with Crippen LogP contribution in [-0.4, -0.2) is 5.11 Å². The van der Waals surface area contributed by atoms with Crippen molar-refractivity contribution in [2.24, 2.45) is 0 Å². The quantitative estimate of drug-likeness (QED) is 0.709. The second kappa shape index (κ2) is 5.58. The van der Waals surface area contributed by atoms with E-state index in [1.807, 2.05) is 36.4 Å². The summed E-state index contributed by atoms with van der Waals surface area (Å²) < 4.78 is 0. The minimum Gasteiger partial charge on any atom is -0.399 e. The maximum absolute atomic E-state index is 10.5. The lowest BCUT2D eigenvalue weighted by molar-refractivity contribution is 0.220. The Morgan fingerprint density at radius 3 is 2.38 bits per heavy atom. The Hall–Kier alpha value is -2.32. The summed E-state index contributed by atoms with van der Waals surface area (Å²) in [6.45, 7) is 2.15.